The summed E-state index contributed by atoms with van der Waals surface area (Å²) in [6.45, 7) is 8.23. The smallest absolute Gasteiger partial charge is 0.191 e. The number of guanidine groups is 1. The summed E-state index contributed by atoms with van der Waals surface area (Å²) in [6.07, 6.45) is 0. The van der Waals surface area contributed by atoms with Crippen molar-refractivity contribution in [3.8, 4) is 0 Å². The molecule has 1 aromatic carbocycles. The normalized spacial score (nSPS) is 11.1. The lowest BCUT2D eigenvalue weighted by atomic mass is 10.1. The number of hydrogen-bond acceptors (Lipinski definition) is 2. The molecule has 0 saturated carbocycles. The van der Waals surface area contributed by atoms with Crippen LogP contribution < -0.4 is 15.5 Å². The van der Waals surface area contributed by atoms with Crippen LogP contribution in [0.1, 0.15) is 25.0 Å². The lowest BCUT2D eigenvalue weighted by Crippen LogP contribution is -2.38. The third-order valence-corrected chi connectivity index (χ3v) is 3.19. The van der Waals surface area contributed by atoms with Gasteiger partial charge >= 0.3 is 0 Å². The van der Waals surface area contributed by atoms with Gasteiger partial charge in [-0.3, -0.25) is 4.99 Å². The van der Waals surface area contributed by atoms with E-state index >= 15 is 0 Å². The Kier molecular flexibility index (Phi) is 9.41. The Morgan fingerprint density at radius 3 is 2.38 bits per heavy atom. The van der Waals surface area contributed by atoms with Crippen molar-refractivity contribution < 1.29 is 0 Å². The zero-order valence-electron chi connectivity index (χ0n) is 14.0. The second kappa shape index (κ2) is 9.87. The van der Waals surface area contributed by atoms with Crippen molar-refractivity contribution >= 4 is 35.6 Å². The summed E-state index contributed by atoms with van der Waals surface area (Å²) in [5.41, 5.74) is 3.82. The van der Waals surface area contributed by atoms with E-state index in [1.54, 1.807) is 7.05 Å². The van der Waals surface area contributed by atoms with Gasteiger partial charge in [0.15, 0.2) is 5.96 Å². The van der Waals surface area contributed by atoms with Crippen LogP contribution >= 0.6 is 24.0 Å². The number of aliphatic imine (C=N–C) groups is 1. The highest BCUT2D eigenvalue weighted by atomic mass is 127. The molecule has 0 aromatic heterocycles. The molecular formula is C16H29IN4. The van der Waals surface area contributed by atoms with Gasteiger partial charge in [-0.2, -0.15) is 0 Å². The summed E-state index contributed by atoms with van der Waals surface area (Å²) in [6, 6.07) is 6.53. The fourth-order valence-electron chi connectivity index (χ4n) is 1.86. The third kappa shape index (κ3) is 7.02. The first-order valence-corrected chi connectivity index (χ1v) is 7.15. The van der Waals surface area contributed by atoms with Crippen molar-refractivity contribution in [3.05, 3.63) is 29.3 Å². The number of benzene rings is 1. The van der Waals surface area contributed by atoms with Crippen molar-refractivity contribution in [1.29, 1.82) is 0 Å². The summed E-state index contributed by atoms with van der Waals surface area (Å²) >= 11 is 0. The van der Waals surface area contributed by atoms with Crippen LogP contribution in [0.4, 0.5) is 5.69 Å². The van der Waals surface area contributed by atoms with Crippen LogP contribution in [0.5, 0.6) is 0 Å². The molecule has 21 heavy (non-hydrogen) atoms. The maximum atomic E-state index is 4.24. The minimum Gasteiger partial charge on any atom is -0.378 e. The Hall–Kier alpha value is -0.980. The van der Waals surface area contributed by atoms with Crippen LogP contribution in [0, 0.1) is 12.8 Å². The number of aryl methyl sites for hydroxylation is 1. The molecule has 2 N–H and O–H groups in total. The standard InChI is InChI=1S/C16H28N4.HI/c1-12(2)10-18-16(17-4)19-11-14-7-8-15(20(5)6)9-13(14)3;/h7-9,12H,10-11H2,1-6H3,(H2,17,18,19);1H. The lowest BCUT2D eigenvalue weighted by Gasteiger charge is -2.17. The Labute approximate surface area is 146 Å². The summed E-state index contributed by atoms with van der Waals surface area (Å²) in [5, 5.41) is 6.67. The molecule has 0 aliphatic rings. The molecule has 0 bridgehead atoms. The molecule has 0 aliphatic carbocycles. The van der Waals surface area contributed by atoms with E-state index in [9.17, 15) is 0 Å². The third-order valence-electron chi connectivity index (χ3n) is 3.19. The van der Waals surface area contributed by atoms with Gasteiger partial charge in [0.1, 0.15) is 0 Å². The molecule has 0 atom stereocenters. The number of anilines is 1. The van der Waals surface area contributed by atoms with E-state index in [1.807, 2.05) is 0 Å². The van der Waals surface area contributed by atoms with Crippen molar-refractivity contribution in [2.75, 3.05) is 32.6 Å². The van der Waals surface area contributed by atoms with Crippen LogP contribution in [0.15, 0.2) is 23.2 Å². The monoisotopic (exact) mass is 404 g/mol. The first-order chi connectivity index (χ1) is 9.43. The van der Waals surface area contributed by atoms with Gasteiger partial charge < -0.3 is 15.5 Å². The Morgan fingerprint density at radius 1 is 1.24 bits per heavy atom. The van der Waals surface area contributed by atoms with Crippen LogP contribution in [0.3, 0.4) is 0 Å². The first-order valence-electron chi connectivity index (χ1n) is 7.15. The Morgan fingerprint density at radius 2 is 1.90 bits per heavy atom. The van der Waals surface area contributed by atoms with E-state index in [4.69, 9.17) is 0 Å². The van der Waals surface area contributed by atoms with Gasteiger partial charge in [0, 0.05) is 39.9 Å². The Balaban J connectivity index is 0.00000400. The fourth-order valence-corrected chi connectivity index (χ4v) is 1.86. The molecule has 1 rings (SSSR count). The number of hydrogen-bond donors (Lipinski definition) is 2. The largest absolute Gasteiger partial charge is 0.378 e. The highest BCUT2D eigenvalue weighted by Gasteiger charge is 2.04. The Bertz CT molecular complexity index is 456. The summed E-state index contributed by atoms with van der Waals surface area (Å²) in [7, 11) is 5.92. The molecule has 0 spiro atoms. The quantitative estimate of drug-likeness (QED) is 0.450. The molecule has 5 heteroatoms. The van der Waals surface area contributed by atoms with Crippen LogP contribution in [-0.4, -0.2) is 33.6 Å². The number of nitrogens with zero attached hydrogens (tertiary/aromatic N) is 2. The molecule has 0 saturated heterocycles. The van der Waals surface area contributed by atoms with Crippen molar-refractivity contribution in [3.63, 3.8) is 0 Å². The van der Waals surface area contributed by atoms with E-state index in [1.165, 1.54) is 16.8 Å². The minimum absolute atomic E-state index is 0. The SMILES string of the molecule is CN=C(NCc1ccc(N(C)C)cc1C)NCC(C)C.I. The molecular weight excluding hydrogens is 375 g/mol. The fraction of sp³-hybridized carbons (Fsp3) is 0.562. The van der Waals surface area contributed by atoms with Crippen molar-refractivity contribution in [2.45, 2.75) is 27.3 Å². The van der Waals surface area contributed by atoms with E-state index in [2.05, 4.69) is 73.6 Å². The molecule has 0 unspecified atom stereocenters. The van der Waals surface area contributed by atoms with E-state index in [0.717, 1.165) is 19.0 Å². The second-order valence-electron chi connectivity index (χ2n) is 5.71. The predicted octanol–water partition coefficient (Wildman–Crippen LogP) is 3.00. The number of halogens is 1. The highest BCUT2D eigenvalue weighted by Crippen LogP contribution is 2.17. The molecule has 120 valence electrons. The lowest BCUT2D eigenvalue weighted by molar-refractivity contribution is 0.614. The van der Waals surface area contributed by atoms with Gasteiger partial charge in [0.25, 0.3) is 0 Å². The zero-order valence-corrected chi connectivity index (χ0v) is 16.4. The average molecular weight is 404 g/mol. The van der Waals surface area contributed by atoms with Crippen LogP contribution in [0.25, 0.3) is 0 Å². The van der Waals surface area contributed by atoms with E-state index in [0.29, 0.717) is 5.92 Å². The predicted molar refractivity (Wildman–Crippen MR) is 104 cm³/mol. The molecule has 0 radical (unpaired) electrons. The maximum Gasteiger partial charge on any atom is 0.191 e. The molecule has 4 nitrogen and oxygen atoms in total. The highest BCUT2D eigenvalue weighted by molar-refractivity contribution is 14.0. The molecule has 0 heterocycles. The van der Waals surface area contributed by atoms with Gasteiger partial charge in [0.2, 0.25) is 0 Å². The summed E-state index contributed by atoms with van der Waals surface area (Å²) in [5.74, 6) is 1.46. The average Bonchev–Trinajstić information content (AvgIpc) is 2.39. The molecule has 1 aromatic rings. The van der Waals surface area contributed by atoms with Gasteiger partial charge in [-0.15, -0.1) is 24.0 Å². The van der Waals surface area contributed by atoms with Gasteiger partial charge in [-0.1, -0.05) is 19.9 Å². The first kappa shape index (κ1) is 20.0. The van der Waals surface area contributed by atoms with Crippen LogP contribution in [-0.2, 0) is 6.54 Å². The van der Waals surface area contributed by atoms with Crippen molar-refractivity contribution in [1.82, 2.24) is 10.6 Å². The van der Waals surface area contributed by atoms with Crippen molar-refractivity contribution in [2.24, 2.45) is 10.9 Å². The number of nitrogens with one attached hydrogen (secondary N) is 2. The topological polar surface area (TPSA) is 39.7 Å². The minimum atomic E-state index is 0. The molecule has 0 amide bonds. The van der Waals surface area contributed by atoms with Gasteiger partial charge in [-0.05, 0) is 36.1 Å². The molecule has 0 aliphatic heterocycles. The molecule has 0 fully saturated rings. The maximum absolute atomic E-state index is 4.24. The van der Waals surface area contributed by atoms with Crippen LogP contribution in [0.2, 0.25) is 0 Å². The van der Waals surface area contributed by atoms with E-state index in [-0.39, 0.29) is 24.0 Å². The number of rotatable bonds is 5. The second-order valence-corrected chi connectivity index (χ2v) is 5.71. The van der Waals surface area contributed by atoms with E-state index < -0.39 is 0 Å². The summed E-state index contributed by atoms with van der Waals surface area (Å²) in [4.78, 5) is 6.36. The van der Waals surface area contributed by atoms with Gasteiger partial charge in [0.05, 0.1) is 0 Å². The zero-order chi connectivity index (χ0) is 15.1. The summed E-state index contributed by atoms with van der Waals surface area (Å²) < 4.78 is 0. The van der Waals surface area contributed by atoms with Gasteiger partial charge in [-0.25, -0.2) is 0 Å².